The van der Waals surface area contributed by atoms with Gasteiger partial charge in [0, 0.05) is 0 Å². The Morgan fingerprint density at radius 2 is 0.571 bits per heavy atom. The lowest BCUT2D eigenvalue weighted by Gasteiger charge is -2.39. The van der Waals surface area contributed by atoms with Crippen molar-refractivity contribution in [2.24, 2.45) is 0 Å². The molecule has 172 valence electrons. The van der Waals surface area contributed by atoms with Crippen LogP contribution in [0.4, 0.5) is 0 Å². The van der Waals surface area contributed by atoms with E-state index >= 15 is 0 Å². The SMILES string of the molecule is CCCCCCCCC[N+](CCCC)(CCCC)CCCCCCCCC.[Cl-]. The predicted octanol–water partition coefficient (Wildman–Crippen LogP) is 5.91. The number of quaternary nitrogens is 1. The van der Waals surface area contributed by atoms with Crippen LogP contribution in [0.25, 0.3) is 0 Å². The molecule has 28 heavy (non-hydrogen) atoms. The Hall–Kier alpha value is 0.250. The molecule has 1 nitrogen and oxygen atoms in total. The summed E-state index contributed by atoms with van der Waals surface area (Å²) in [4.78, 5) is 0. The minimum absolute atomic E-state index is 0. The van der Waals surface area contributed by atoms with Gasteiger partial charge in [0.15, 0.2) is 0 Å². The van der Waals surface area contributed by atoms with Crippen LogP contribution >= 0.6 is 0 Å². The van der Waals surface area contributed by atoms with E-state index in [1.165, 1.54) is 146 Å². The van der Waals surface area contributed by atoms with Gasteiger partial charge in [-0.25, -0.2) is 0 Å². The van der Waals surface area contributed by atoms with E-state index in [1.807, 2.05) is 0 Å². The molecule has 0 aromatic heterocycles. The maximum absolute atomic E-state index is 2.37. The summed E-state index contributed by atoms with van der Waals surface area (Å²) in [5, 5.41) is 0. The molecule has 0 aliphatic rings. The van der Waals surface area contributed by atoms with E-state index in [4.69, 9.17) is 0 Å². The van der Waals surface area contributed by atoms with E-state index < -0.39 is 0 Å². The number of hydrogen-bond acceptors (Lipinski definition) is 0. The van der Waals surface area contributed by atoms with Crippen molar-refractivity contribution in [3.8, 4) is 0 Å². The van der Waals surface area contributed by atoms with E-state index in [2.05, 4.69) is 27.7 Å². The van der Waals surface area contributed by atoms with Crippen LogP contribution in [0.5, 0.6) is 0 Å². The fraction of sp³-hybridized carbons (Fsp3) is 1.00. The van der Waals surface area contributed by atoms with E-state index in [0.29, 0.717) is 0 Å². The maximum atomic E-state index is 2.37. The van der Waals surface area contributed by atoms with Gasteiger partial charge in [-0.3, -0.25) is 0 Å². The molecule has 0 aliphatic carbocycles. The van der Waals surface area contributed by atoms with Crippen LogP contribution in [0.1, 0.15) is 143 Å². The van der Waals surface area contributed by atoms with Crippen LogP contribution in [-0.4, -0.2) is 30.7 Å². The maximum Gasteiger partial charge on any atom is 0.0786 e. The minimum atomic E-state index is 0. The average Bonchev–Trinajstić information content (AvgIpc) is 2.69. The zero-order valence-corrected chi connectivity index (χ0v) is 21.1. The highest BCUT2D eigenvalue weighted by Crippen LogP contribution is 2.19. The third-order valence-corrected chi connectivity index (χ3v) is 6.44. The minimum Gasteiger partial charge on any atom is -1.00 e. The molecule has 0 bridgehead atoms. The Balaban J connectivity index is 0. The summed E-state index contributed by atoms with van der Waals surface area (Å²) in [6.07, 6.45) is 25.9. The lowest BCUT2D eigenvalue weighted by atomic mass is 10.1. The first-order valence-electron chi connectivity index (χ1n) is 13.1. The van der Waals surface area contributed by atoms with E-state index in [0.717, 1.165) is 0 Å². The standard InChI is InChI=1S/C26H56N.ClH/c1-5-9-13-15-17-19-21-25-27(23-11-7-3,24-12-8-4)26-22-20-18-16-14-10-6-2;/h5-26H2,1-4H3;1H/q+1;/p-1. The molecular formula is C26H56ClN. The molecule has 0 aliphatic heterocycles. The highest BCUT2D eigenvalue weighted by Gasteiger charge is 2.25. The van der Waals surface area contributed by atoms with Gasteiger partial charge in [-0.2, -0.15) is 0 Å². The summed E-state index contributed by atoms with van der Waals surface area (Å²) < 4.78 is 1.45. The zero-order valence-electron chi connectivity index (χ0n) is 20.4. The number of unbranched alkanes of at least 4 members (excludes halogenated alkanes) is 14. The molecule has 2 heteroatoms. The van der Waals surface area contributed by atoms with E-state index in [-0.39, 0.29) is 12.4 Å². The number of hydrogen-bond donors (Lipinski definition) is 0. The van der Waals surface area contributed by atoms with Crippen molar-refractivity contribution < 1.29 is 16.9 Å². The molecular weight excluding hydrogens is 362 g/mol. The van der Waals surface area contributed by atoms with E-state index in [9.17, 15) is 0 Å². The third-order valence-electron chi connectivity index (χ3n) is 6.44. The van der Waals surface area contributed by atoms with Crippen molar-refractivity contribution in [2.45, 2.75) is 143 Å². The van der Waals surface area contributed by atoms with Crippen LogP contribution in [-0.2, 0) is 0 Å². The zero-order chi connectivity index (χ0) is 20.1. The van der Waals surface area contributed by atoms with Gasteiger partial charge in [0.1, 0.15) is 0 Å². The van der Waals surface area contributed by atoms with Crippen LogP contribution in [0.3, 0.4) is 0 Å². The van der Waals surface area contributed by atoms with Crippen LogP contribution < -0.4 is 12.4 Å². The van der Waals surface area contributed by atoms with Gasteiger partial charge in [0.05, 0.1) is 26.2 Å². The highest BCUT2D eigenvalue weighted by molar-refractivity contribution is 4.53. The second-order valence-corrected chi connectivity index (χ2v) is 9.19. The van der Waals surface area contributed by atoms with Gasteiger partial charge < -0.3 is 16.9 Å². The lowest BCUT2D eigenvalue weighted by Crippen LogP contribution is -3.00. The molecule has 0 aromatic carbocycles. The van der Waals surface area contributed by atoms with Crippen molar-refractivity contribution in [2.75, 3.05) is 26.2 Å². The van der Waals surface area contributed by atoms with Gasteiger partial charge in [-0.1, -0.05) is 105 Å². The Labute approximate surface area is 186 Å². The summed E-state index contributed by atoms with van der Waals surface area (Å²) in [5.41, 5.74) is 0. The lowest BCUT2D eigenvalue weighted by molar-refractivity contribution is -0.929. The molecule has 0 N–H and O–H groups in total. The summed E-state index contributed by atoms with van der Waals surface area (Å²) >= 11 is 0. The van der Waals surface area contributed by atoms with Crippen molar-refractivity contribution in [3.63, 3.8) is 0 Å². The largest absolute Gasteiger partial charge is 1.00 e. The monoisotopic (exact) mass is 417 g/mol. The van der Waals surface area contributed by atoms with Crippen LogP contribution in [0.2, 0.25) is 0 Å². The molecule has 0 spiro atoms. The smallest absolute Gasteiger partial charge is 0.0786 e. The molecule has 0 aromatic rings. The first-order chi connectivity index (χ1) is 13.2. The van der Waals surface area contributed by atoms with Crippen LogP contribution in [0.15, 0.2) is 0 Å². The van der Waals surface area contributed by atoms with Crippen molar-refractivity contribution in [1.82, 2.24) is 0 Å². The van der Waals surface area contributed by atoms with Gasteiger partial charge >= 0.3 is 0 Å². The molecule has 0 unspecified atom stereocenters. The molecule has 0 saturated carbocycles. The summed E-state index contributed by atoms with van der Waals surface area (Å²) in [6.45, 7) is 15.2. The topological polar surface area (TPSA) is 0 Å². The molecule has 0 radical (unpaired) electrons. The Bertz CT molecular complexity index is 252. The van der Waals surface area contributed by atoms with Gasteiger partial charge in [-0.15, -0.1) is 0 Å². The molecule has 0 atom stereocenters. The average molecular weight is 418 g/mol. The molecule has 0 amide bonds. The Morgan fingerprint density at radius 3 is 0.893 bits per heavy atom. The predicted molar refractivity (Wildman–Crippen MR) is 126 cm³/mol. The molecule has 0 rings (SSSR count). The van der Waals surface area contributed by atoms with Crippen molar-refractivity contribution in [3.05, 3.63) is 0 Å². The summed E-state index contributed by atoms with van der Waals surface area (Å²) in [6, 6.07) is 0. The molecule has 0 saturated heterocycles. The first kappa shape index (κ1) is 30.4. The number of nitrogens with zero attached hydrogens (tertiary/aromatic N) is 1. The Kier molecular flexibility index (Phi) is 25.6. The Morgan fingerprint density at radius 1 is 0.321 bits per heavy atom. The van der Waals surface area contributed by atoms with Crippen LogP contribution in [0, 0.1) is 0 Å². The second-order valence-electron chi connectivity index (χ2n) is 9.19. The summed E-state index contributed by atoms with van der Waals surface area (Å²) in [5.74, 6) is 0. The molecule has 0 heterocycles. The second kappa shape index (κ2) is 23.5. The number of rotatable bonds is 22. The fourth-order valence-corrected chi connectivity index (χ4v) is 4.47. The first-order valence-corrected chi connectivity index (χ1v) is 13.1. The highest BCUT2D eigenvalue weighted by atomic mass is 35.5. The number of halogens is 1. The molecule has 0 fully saturated rings. The summed E-state index contributed by atoms with van der Waals surface area (Å²) in [7, 11) is 0. The van der Waals surface area contributed by atoms with E-state index in [1.54, 1.807) is 0 Å². The quantitative estimate of drug-likeness (QED) is 0.152. The van der Waals surface area contributed by atoms with Crippen molar-refractivity contribution >= 4 is 0 Å². The van der Waals surface area contributed by atoms with Crippen molar-refractivity contribution in [1.29, 1.82) is 0 Å². The third kappa shape index (κ3) is 18.3. The van der Waals surface area contributed by atoms with Gasteiger partial charge in [0.25, 0.3) is 0 Å². The normalized spacial score (nSPS) is 11.6. The van der Waals surface area contributed by atoms with Gasteiger partial charge in [0.2, 0.25) is 0 Å². The fourth-order valence-electron chi connectivity index (χ4n) is 4.47. The van der Waals surface area contributed by atoms with Gasteiger partial charge in [-0.05, 0) is 38.5 Å².